The molecule has 16 heavy (non-hydrogen) atoms. The number of nitro groups is 1. The molecule has 86 valence electrons. The van der Waals surface area contributed by atoms with E-state index in [1.54, 1.807) is 23.9 Å². The van der Waals surface area contributed by atoms with Crippen molar-refractivity contribution in [2.45, 2.75) is 35.5 Å². The van der Waals surface area contributed by atoms with Crippen molar-refractivity contribution in [1.82, 2.24) is 0 Å². The quantitative estimate of drug-likeness (QED) is 0.650. The van der Waals surface area contributed by atoms with Gasteiger partial charge >= 0.3 is 0 Å². The van der Waals surface area contributed by atoms with Gasteiger partial charge in [0.15, 0.2) is 0 Å². The van der Waals surface area contributed by atoms with E-state index in [1.165, 1.54) is 12.1 Å². The molecular formula is C11H13NO3S. The van der Waals surface area contributed by atoms with Crippen LogP contribution < -0.4 is 0 Å². The highest BCUT2D eigenvalue weighted by atomic mass is 32.2. The smallest absolute Gasteiger partial charge is 0.269 e. The molecule has 4 nitrogen and oxygen atoms in total. The lowest BCUT2D eigenvalue weighted by Gasteiger charge is -2.13. The van der Waals surface area contributed by atoms with Gasteiger partial charge in [-0.3, -0.25) is 10.1 Å². The largest absolute Gasteiger partial charge is 0.392 e. The fourth-order valence-corrected chi connectivity index (χ4v) is 3.09. The molecule has 0 unspecified atom stereocenters. The Morgan fingerprint density at radius 3 is 2.50 bits per heavy atom. The number of nitro benzene ring substituents is 1. The van der Waals surface area contributed by atoms with Crippen LogP contribution in [0.4, 0.5) is 5.69 Å². The molecule has 2 rings (SSSR count). The molecule has 1 aromatic rings. The van der Waals surface area contributed by atoms with Gasteiger partial charge in [-0.15, -0.1) is 11.8 Å². The van der Waals surface area contributed by atoms with E-state index in [9.17, 15) is 15.2 Å². The maximum absolute atomic E-state index is 10.5. The van der Waals surface area contributed by atoms with Crippen LogP contribution in [0.2, 0.25) is 0 Å². The summed E-state index contributed by atoms with van der Waals surface area (Å²) in [5.74, 6) is 0. The van der Waals surface area contributed by atoms with E-state index in [0.29, 0.717) is 0 Å². The summed E-state index contributed by atoms with van der Waals surface area (Å²) in [6.45, 7) is 0. The van der Waals surface area contributed by atoms with Crippen molar-refractivity contribution >= 4 is 17.4 Å². The van der Waals surface area contributed by atoms with Gasteiger partial charge in [0.1, 0.15) is 0 Å². The Bertz CT molecular complexity index is 379. The minimum Gasteiger partial charge on any atom is -0.392 e. The van der Waals surface area contributed by atoms with E-state index < -0.39 is 4.92 Å². The number of aliphatic hydroxyl groups is 1. The van der Waals surface area contributed by atoms with Crippen LogP contribution in [0.5, 0.6) is 0 Å². The van der Waals surface area contributed by atoms with Crippen molar-refractivity contribution in [2.24, 2.45) is 0 Å². The second kappa shape index (κ2) is 4.84. The van der Waals surface area contributed by atoms with Gasteiger partial charge in [-0.1, -0.05) is 0 Å². The second-order valence-corrected chi connectivity index (χ2v) is 5.22. The highest BCUT2D eigenvalue weighted by Gasteiger charge is 2.25. The molecule has 0 heterocycles. The first-order chi connectivity index (χ1) is 7.66. The van der Waals surface area contributed by atoms with E-state index >= 15 is 0 Å². The Labute approximate surface area is 97.8 Å². The molecule has 1 aliphatic carbocycles. The standard InChI is InChI=1S/C11H13NO3S/c13-10-2-1-3-11(10)16-9-6-4-8(5-7-9)12(14)15/h4-7,10-11,13H,1-3H2/t10-,11-/m0/s1. The number of thioether (sulfide) groups is 1. The van der Waals surface area contributed by atoms with Gasteiger partial charge in [0.05, 0.1) is 11.0 Å². The van der Waals surface area contributed by atoms with Crippen LogP contribution in [0.25, 0.3) is 0 Å². The number of hydrogen-bond donors (Lipinski definition) is 1. The molecular weight excluding hydrogens is 226 g/mol. The van der Waals surface area contributed by atoms with Gasteiger partial charge in [-0.05, 0) is 31.4 Å². The van der Waals surface area contributed by atoms with Crippen molar-refractivity contribution < 1.29 is 10.0 Å². The molecule has 0 bridgehead atoms. The topological polar surface area (TPSA) is 63.4 Å². The molecule has 0 spiro atoms. The van der Waals surface area contributed by atoms with Crippen LogP contribution in [0, 0.1) is 10.1 Å². The third kappa shape index (κ3) is 2.54. The van der Waals surface area contributed by atoms with Crippen molar-refractivity contribution in [1.29, 1.82) is 0 Å². The monoisotopic (exact) mass is 239 g/mol. The summed E-state index contributed by atoms with van der Waals surface area (Å²) in [6, 6.07) is 6.50. The van der Waals surface area contributed by atoms with Crippen molar-refractivity contribution in [3.8, 4) is 0 Å². The maximum Gasteiger partial charge on any atom is 0.269 e. The van der Waals surface area contributed by atoms with Gasteiger partial charge in [0.25, 0.3) is 5.69 Å². The third-order valence-electron chi connectivity index (χ3n) is 2.75. The first-order valence-electron chi connectivity index (χ1n) is 5.26. The Morgan fingerprint density at radius 1 is 1.31 bits per heavy atom. The van der Waals surface area contributed by atoms with Gasteiger partial charge in [-0.2, -0.15) is 0 Å². The predicted molar refractivity (Wildman–Crippen MR) is 62.6 cm³/mol. The summed E-state index contributed by atoms with van der Waals surface area (Å²) in [7, 11) is 0. The summed E-state index contributed by atoms with van der Waals surface area (Å²) in [5, 5.41) is 20.4. The number of aliphatic hydroxyl groups excluding tert-OH is 1. The molecule has 2 atom stereocenters. The minimum absolute atomic E-state index is 0.108. The average Bonchev–Trinajstić information content (AvgIpc) is 2.65. The number of nitrogens with zero attached hydrogens (tertiary/aromatic N) is 1. The first-order valence-corrected chi connectivity index (χ1v) is 6.14. The van der Waals surface area contributed by atoms with Gasteiger partial charge < -0.3 is 5.11 Å². The van der Waals surface area contributed by atoms with Crippen molar-refractivity contribution in [3.05, 3.63) is 34.4 Å². The zero-order valence-corrected chi connectivity index (χ0v) is 9.52. The fraction of sp³-hybridized carbons (Fsp3) is 0.455. The van der Waals surface area contributed by atoms with Crippen LogP contribution in [0.3, 0.4) is 0 Å². The molecule has 1 fully saturated rings. The fourth-order valence-electron chi connectivity index (χ4n) is 1.87. The summed E-state index contributed by atoms with van der Waals surface area (Å²) in [4.78, 5) is 11.0. The van der Waals surface area contributed by atoms with Gasteiger partial charge in [0, 0.05) is 22.3 Å². The molecule has 0 saturated heterocycles. The van der Waals surface area contributed by atoms with Crippen LogP contribution in [-0.2, 0) is 0 Å². The molecule has 1 aliphatic rings. The SMILES string of the molecule is O=[N+]([O-])c1ccc(S[C@H]2CCC[C@@H]2O)cc1. The first kappa shape index (κ1) is 11.4. The molecule has 0 amide bonds. The molecule has 5 heteroatoms. The molecule has 0 aromatic heterocycles. The van der Waals surface area contributed by atoms with E-state index in [-0.39, 0.29) is 17.0 Å². The Hall–Kier alpha value is -1.07. The van der Waals surface area contributed by atoms with Crippen LogP contribution >= 0.6 is 11.8 Å². The van der Waals surface area contributed by atoms with Crippen molar-refractivity contribution in [3.63, 3.8) is 0 Å². The van der Waals surface area contributed by atoms with Gasteiger partial charge in [-0.25, -0.2) is 0 Å². The second-order valence-electron chi connectivity index (χ2n) is 3.91. The molecule has 1 saturated carbocycles. The Balaban J connectivity index is 2.02. The normalized spacial score (nSPS) is 24.6. The summed E-state index contributed by atoms with van der Waals surface area (Å²) in [6.07, 6.45) is 2.71. The van der Waals surface area contributed by atoms with E-state index in [4.69, 9.17) is 0 Å². The zero-order valence-electron chi connectivity index (χ0n) is 8.70. The number of rotatable bonds is 3. The highest BCUT2D eigenvalue weighted by Crippen LogP contribution is 2.35. The lowest BCUT2D eigenvalue weighted by Crippen LogP contribution is -2.14. The van der Waals surface area contributed by atoms with E-state index in [1.807, 2.05) is 0 Å². The van der Waals surface area contributed by atoms with Gasteiger partial charge in [0.2, 0.25) is 0 Å². The Morgan fingerprint density at radius 2 is 2.00 bits per heavy atom. The lowest BCUT2D eigenvalue weighted by molar-refractivity contribution is -0.384. The Kier molecular flexibility index (Phi) is 3.46. The minimum atomic E-state index is -0.404. The zero-order chi connectivity index (χ0) is 11.5. The summed E-state index contributed by atoms with van der Waals surface area (Å²) in [5.41, 5.74) is 0.108. The number of benzene rings is 1. The van der Waals surface area contributed by atoms with Crippen LogP contribution in [0.1, 0.15) is 19.3 Å². The lowest BCUT2D eigenvalue weighted by atomic mass is 10.3. The van der Waals surface area contributed by atoms with E-state index in [2.05, 4.69) is 0 Å². The maximum atomic E-state index is 10.5. The third-order valence-corrected chi connectivity index (χ3v) is 4.15. The van der Waals surface area contributed by atoms with Crippen molar-refractivity contribution in [2.75, 3.05) is 0 Å². The molecule has 1 aromatic carbocycles. The summed E-state index contributed by atoms with van der Waals surface area (Å²) >= 11 is 1.61. The number of hydrogen-bond acceptors (Lipinski definition) is 4. The van der Waals surface area contributed by atoms with Crippen LogP contribution in [-0.4, -0.2) is 21.4 Å². The molecule has 1 N–H and O–H groups in total. The van der Waals surface area contributed by atoms with Crippen LogP contribution in [0.15, 0.2) is 29.2 Å². The number of non-ortho nitro benzene ring substituents is 1. The van der Waals surface area contributed by atoms with E-state index in [0.717, 1.165) is 24.2 Å². The molecule has 0 radical (unpaired) electrons. The predicted octanol–water partition coefficient (Wildman–Crippen LogP) is 2.60. The average molecular weight is 239 g/mol. The summed E-state index contributed by atoms with van der Waals surface area (Å²) < 4.78 is 0. The highest BCUT2D eigenvalue weighted by molar-refractivity contribution is 8.00. The molecule has 0 aliphatic heterocycles.